The Morgan fingerprint density at radius 2 is 2.00 bits per heavy atom. The number of aryl methyl sites for hydroxylation is 2. The molecule has 2 aromatic rings. The molecule has 0 aliphatic carbocycles. The number of benzene rings is 1. The van der Waals surface area contributed by atoms with Gasteiger partial charge in [0.05, 0.1) is 0 Å². The van der Waals surface area contributed by atoms with Gasteiger partial charge in [0.25, 0.3) is 0 Å². The van der Waals surface area contributed by atoms with E-state index in [2.05, 4.69) is 68.2 Å². The highest BCUT2D eigenvalue weighted by Crippen LogP contribution is 2.23. The van der Waals surface area contributed by atoms with Crippen LogP contribution in [0.25, 0.3) is 0 Å². The molecule has 21 heavy (non-hydrogen) atoms. The van der Waals surface area contributed by atoms with E-state index in [-0.39, 0.29) is 6.04 Å². The second kappa shape index (κ2) is 6.85. The van der Waals surface area contributed by atoms with Crippen LogP contribution in [0.15, 0.2) is 24.5 Å². The van der Waals surface area contributed by atoms with Crippen molar-refractivity contribution < 1.29 is 0 Å². The van der Waals surface area contributed by atoms with Crippen molar-refractivity contribution in [1.29, 1.82) is 0 Å². The Kier molecular flexibility index (Phi) is 5.12. The molecular weight excluding hydrogens is 260 g/mol. The van der Waals surface area contributed by atoms with Gasteiger partial charge >= 0.3 is 0 Å². The number of aromatic nitrogens is 3. The van der Waals surface area contributed by atoms with Gasteiger partial charge in [-0.2, -0.15) is 5.10 Å². The average molecular weight is 286 g/mol. The van der Waals surface area contributed by atoms with Gasteiger partial charge in [-0.25, -0.2) is 9.67 Å². The summed E-state index contributed by atoms with van der Waals surface area (Å²) in [4.78, 5) is 4.45. The number of hydrogen-bond donors (Lipinski definition) is 1. The van der Waals surface area contributed by atoms with E-state index in [0.717, 1.165) is 18.8 Å². The lowest BCUT2D eigenvalue weighted by atomic mass is 9.96. The first-order valence-electron chi connectivity index (χ1n) is 7.71. The lowest BCUT2D eigenvalue weighted by Crippen LogP contribution is -2.25. The van der Waals surface area contributed by atoms with E-state index in [9.17, 15) is 0 Å². The molecule has 0 fully saturated rings. The molecule has 2 rings (SSSR count). The molecule has 1 heterocycles. The summed E-state index contributed by atoms with van der Waals surface area (Å²) in [5.41, 5.74) is 3.97. The highest BCUT2D eigenvalue weighted by molar-refractivity contribution is 5.33. The highest BCUT2D eigenvalue weighted by atomic mass is 15.3. The fraction of sp³-hybridized carbons (Fsp3) is 0.529. The fourth-order valence-electron chi connectivity index (χ4n) is 2.71. The fourth-order valence-corrected chi connectivity index (χ4v) is 2.71. The number of rotatable bonds is 6. The molecule has 0 bridgehead atoms. The Balaban J connectivity index is 2.31. The Morgan fingerprint density at radius 3 is 2.67 bits per heavy atom. The van der Waals surface area contributed by atoms with Gasteiger partial charge in [-0.1, -0.05) is 30.7 Å². The van der Waals surface area contributed by atoms with Crippen LogP contribution in [0.4, 0.5) is 0 Å². The summed E-state index contributed by atoms with van der Waals surface area (Å²) in [7, 11) is 0. The molecule has 0 spiro atoms. The average Bonchev–Trinajstić information content (AvgIpc) is 2.89. The molecule has 4 heteroatoms. The second-order valence-corrected chi connectivity index (χ2v) is 5.89. The molecule has 1 aromatic heterocycles. The maximum absolute atomic E-state index is 4.45. The predicted molar refractivity (Wildman–Crippen MR) is 86.4 cm³/mol. The van der Waals surface area contributed by atoms with Gasteiger partial charge in [0.15, 0.2) is 0 Å². The Bertz CT molecular complexity index is 586. The van der Waals surface area contributed by atoms with E-state index in [1.165, 1.54) is 16.7 Å². The molecule has 1 aromatic carbocycles. The van der Waals surface area contributed by atoms with Crippen molar-refractivity contribution in [2.24, 2.45) is 0 Å². The van der Waals surface area contributed by atoms with Crippen molar-refractivity contribution in [1.82, 2.24) is 20.1 Å². The van der Waals surface area contributed by atoms with Crippen LogP contribution in [0.5, 0.6) is 0 Å². The van der Waals surface area contributed by atoms with Crippen molar-refractivity contribution >= 4 is 0 Å². The molecule has 0 saturated heterocycles. The molecule has 0 aliphatic rings. The first-order valence-corrected chi connectivity index (χ1v) is 7.71. The molecule has 0 aliphatic heterocycles. The quantitative estimate of drug-likeness (QED) is 0.885. The number of likely N-dealkylation sites (N-methyl/N-ethyl adjacent to an activating group) is 1. The summed E-state index contributed by atoms with van der Waals surface area (Å²) < 4.78 is 2.01. The Morgan fingerprint density at radius 1 is 1.24 bits per heavy atom. The lowest BCUT2D eigenvalue weighted by molar-refractivity contribution is 0.468. The number of hydrogen-bond acceptors (Lipinski definition) is 3. The van der Waals surface area contributed by atoms with Gasteiger partial charge in [0.2, 0.25) is 0 Å². The maximum Gasteiger partial charge on any atom is 0.138 e. The molecule has 4 nitrogen and oxygen atoms in total. The van der Waals surface area contributed by atoms with Crippen LogP contribution in [0.3, 0.4) is 0 Å². The predicted octanol–water partition coefficient (Wildman–Crippen LogP) is 3.37. The van der Waals surface area contributed by atoms with Crippen molar-refractivity contribution in [3.63, 3.8) is 0 Å². The number of nitrogens with zero attached hydrogens (tertiary/aromatic N) is 3. The highest BCUT2D eigenvalue weighted by Gasteiger charge is 2.18. The standard InChI is InChI=1S/C17H26N4/c1-6-18-16(15-9-13(4)7-8-14(15)5)10-17-19-11-20-21(17)12(2)3/h7-9,11-12,16,18H,6,10H2,1-5H3. The summed E-state index contributed by atoms with van der Waals surface area (Å²) >= 11 is 0. The summed E-state index contributed by atoms with van der Waals surface area (Å²) in [5.74, 6) is 1.04. The van der Waals surface area contributed by atoms with E-state index in [1.54, 1.807) is 6.33 Å². The minimum atomic E-state index is 0.275. The van der Waals surface area contributed by atoms with Gasteiger partial charge in [0, 0.05) is 18.5 Å². The molecule has 0 saturated carbocycles. The molecule has 0 amide bonds. The Labute approximate surface area is 127 Å². The lowest BCUT2D eigenvalue weighted by Gasteiger charge is -2.21. The van der Waals surface area contributed by atoms with Gasteiger partial charge in [0.1, 0.15) is 12.2 Å². The smallest absolute Gasteiger partial charge is 0.138 e. The van der Waals surface area contributed by atoms with Crippen molar-refractivity contribution in [2.45, 2.75) is 53.1 Å². The number of nitrogens with one attached hydrogen (secondary N) is 1. The SMILES string of the molecule is CCNC(Cc1ncnn1C(C)C)c1cc(C)ccc1C. The molecular formula is C17H26N4. The van der Waals surface area contributed by atoms with Crippen LogP contribution in [0.2, 0.25) is 0 Å². The van der Waals surface area contributed by atoms with Crippen LogP contribution in [0, 0.1) is 13.8 Å². The van der Waals surface area contributed by atoms with E-state index >= 15 is 0 Å². The summed E-state index contributed by atoms with van der Waals surface area (Å²) in [6.07, 6.45) is 2.51. The van der Waals surface area contributed by atoms with Gasteiger partial charge in [-0.15, -0.1) is 0 Å². The molecule has 1 unspecified atom stereocenters. The zero-order valence-electron chi connectivity index (χ0n) is 13.7. The molecule has 1 atom stereocenters. The third kappa shape index (κ3) is 3.70. The van der Waals surface area contributed by atoms with E-state index in [4.69, 9.17) is 0 Å². The molecule has 1 N–H and O–H groups in total. The van der Waals surface area contributed by atoms with Gasteiger partial charge < -0.3 is 5.32 Å². The first kappa shape index (κ1) is 15.7. The summed E-state index contributed by atoms with van der Waals surface area (Å²) in [6.45, 7) is 11.7. The minimum Gasteiger partial charge on any atom is -0.310 e. The third-order valence-electron chi connectivity index (χ3n) is 3.78. The van der Waals surface area contributed by atoms with Crippen LogP contribution in [-0.4, -0.2) is 21.3 Å². The van der Waals surface area contributed by atoms with E-state index < -0.39 is 0 Å². The third-order valence-corrected chi connectivity index (χ3v) is 3.78. The molecule has 0 radical (unpaired) electrons. The van der Waals surface area contributed by atoms with E-state index in [0.29, 0.717) is 6.04 Å². The monoisotopic (exact) mass is 286 g/mol. The van der Waals surface area contributed by atoms with Crippen molar-refractivity contribution in [3.8, 4) is 0 Å². The summed E-state index contributed by atoms with van der Waals surface area (Å²) in [5, 5.41) is 7.93. The van der Waals surface area contributed by atoms with Gasteiger partial charge in [-0.3, -0.25) is 0 Å². The topological polar surface area (TPSA) is 42.7 Å². The maximum atomic E-state index is 4.45. The van der Waals surface area contributed by atoms with Crippen LogP contribution >= 0.6 is 0 Å². The second-order valence-electron chi connectivity index (χ2n) is 5.89. The van der Waals surface area contributed by atoms with E-state index in [1.807, 2.05) is 4.68 Å². The van der Waals surface area contributed by atoms with Crippen LogP contribution < -0.4 is 5.32 Å². The van der Waals surface area contributed by atoms with Crippen molar-refractivity contribution in [3.05, 3.63) is 47.0 Å². The zero-order valence-corrected chi connectivity index (χ0v) is 13.7. The molecule has 114 valence electrons. The minimum absolute atomic E-state index is 0.275. The largest absolute Gasteiger partial charge is 0.310 e. The van der Waals surface area contributed by atoms with Crippen LogP contribution in [-0.2, 0) is 6.42 Å². The summed E-state index contributed by atoms with van der Waals surface area (Å²) in [6, 6.07) is 7.25. The van der Waals surface area contributed by atoms with Gasteiger partial charge in [-0.05, 0) is 45.4 Å². The zero-order chi connectivity index (χ0) is 15.4. The Hall–Kier alpha value is -1.68. The normalized spacial score (nSPS) is 12.9. The first-order chi connectivity index (χ1) is 10.0. The van der Waals surface area contributed by atoms with Crippen LogP contribution in [0.1, 0.15) is 55.4 Å². The van der Waals surface area contributed by atoms with Crippen molar-refractivity contribution in [2.75, 3.05) is 6.54 Å².